The second-order valence-electron chi connectivity index (χ2n) is 4.71. The average Bonchev–Trinajstić information content (AvgIpc) is 3.17. The number of likely N-dealkylation sites (tertiary alicyclic amines) is 1. The number of thiophene rings is 1. The Morgan fingerprint density at radius 3 is 3.00 bits per heavy atom. The molecule has 3 rings (SSSR count). The molecule has 2 aromatic heterocycles. The molecule has 2 aromatic rings. The number of carbonyl (C=O) groups is 2. The summed E-state index contributed by atoms with van der Waals surface area (Å²) in [5.74, 6) is -1.46. The van der Waals surface area contributed by atoms with Gasteiger partial charge in [0.1, 0.15) is 0 Å². The summed E-state index contributed by atoms with van der Waals surface area (Å²) in [5.41, 5.74) is 1.20. The highest BCUT2D eigenvalue weighted by Crippen LogP contribution is 2.28. The predicted octanol–water partition coefficient (Wildman–Crippen LogP) is 1.68. The highest BCUT2D eigenvalue weighted by atomic mass is 32.1. The van der Waals surface area contributed by atoms with E-state index in [4.69, 9.17) is 5.11 Å². The van der Waals surface area contributed by atoms with Crippen LogP contribution in [0.25, 0.3) is 10.6 Å². The number of carboxylic acids is 1. The Bertz CT molecular complexity index is 635. The molecular formula is C13H13N3O3S. The van der Waals surface area contributed by atoms with Crippen LogP contribution in [0.15, 0.2) is 23.7 Å². The molecule has 1 aliphatic rings. The van der Waals surface area contributed by atoms with Crippen molar-refractivity contribution in [2.45, 2.75) is 6.42 Å². The van der Waals surface area contributed by atoms with Crippen LogP contribution in [0, 0.1) is 5.92 Å². The number of nitrogens with zero attached hydrogens (tertiary/aromatic N) is 2. The van der Waals surface area contributed by atoms with Crippen LogP contribution in [0.2, 0.25) is 0 Å². The van der Waals surface area contributed by atoms with Gasteiger partial charge in [-0.2, -0.15) is 5.10 Å². The van der Waals surface area contributed by atoms with E-state index in [0.717, 1.165) is 4.88 Å². The SMILES string of the molecule is O=C(O)C1CCN(C(=O)c2cn[nH]c2-c2cccs2)C1. The number of rotatable bonds is 3. The molecule has 1 fully saturated rings. The molecule has 1 amide bonds. The first-order chi connectivity index (χ1) is 9.66. The second kappa shape index (κ2) is 5.09. The van der Waals surface area contributed by atoms with Crippen molar-refractivity contribution in [2.75, 3.05) is 13.1 Å². The first kappa shape index (κ1) is 12.9. The fourth-order valence-electron chi connectivity index (χ4n) is 2.37. The van der Waals surface area contributed by atoms with Gasteiger partial charge in [0.15, 0.2) is 0 Å². The normalized spacial score (nSPS) is 18.4. The summed E-state index contributed by atoms with van der Waals surface area (Å²) in [6, 6.07) is 3.82. The van der Waals surface area contributed by atoms with Crippen LogP contribution in [0.3, 0.4) is 0 Å². The minimum absolute atomic E-state index is 0.161. The minimum atomic E-state index is -0.842. The summed E-state index contributed by atoms with van der Waals surface area (Å²) in [5, 5.41) is 17.7. The molecule has 0 aromatic carbocycles. The molecule has 0 bridgehead atoms. The van der Waals surface area contributed by atoms with Crippen LogP contribution in [0.4, 0.5) is 0 Å². The Kier molecular flexibility index (Phi) is 3.27. The fraction of sp³-hybridized carbons (Fsp3) is 0.308. The fourth-order valence-corrected chi connectivity index (χ4v) is 3.11. The van der Waals surface area contributed by atoms with Crippen molar-refractivity contribution in [3.8, 4) is 10.6 Å². The van der Waals surface area contributed by atoms with Gasteiger partial charge >= 0.3 is 5.97 Å². The molecule has 0 spiro atoms. The zero-order valence-electron chi connectivity index (χ0n) is 10.6. The summed E-state index contributed by atoms with van der Waals surface area (Å²) in [4.78, 5) is 26.0. The number of aliphatic carboxylic acids is 1. The van der Waals surface area contributed by atoms with Crippen LogP contribution in [-0.4, -0.2) is 45.2 Å². The number of amides is 1. The van der Waals surface area contributed by atoms with Gasteiger partial charge in [0.25, 0.3) is 5.91 Å². The number of hydrogen-bond donors (Lipinski definition) is 2. The first-order valence-electron chi connectivity index (χ1n) is 6.26. The predicted molar refractivity (Wildman–Crippen MR) is 73.5 cm³/mol. The van der Waals surface area contributed by atoms with E-state index in [1.807, 2.05) is 17.5 Å². The van der Waals surface area contributed by atoms with Gasteiger partial charge in [0.05, 0.1) is 28.2 Å². The van der Waals surface area contributed by atoms with Gasteiger partial charge in [-0.25, -0.2) is 0 Å². The van der Waals surface area contributed by atoms with Gasteiger partial charge in [-0.3, -0.25) is 14.7 Å². The molecule has 0 aliphatic carbocycles. The average molecular weight is 291 g/mol. The summed E-state index contributed by atoms with van der Waals surface area (Å²) in [6.45, 7) is 0.744. The number of aromatic nitrogens is 2. The van der Waals surface area contributed by atoms with Gasteiger partial charge < -0.3 is 10.0 Å². The van der Waals surface area contributed by atoms with E-state index < -0.39 is 11.9 Å². The molecule has 1 saturated heterocycles. The number of nitrogens with one attached hydrogen (secondary N) is 1. The Hall–Kier alpha value is -2.15. The molecule has 0 saturated carbocycles. The zero-order valence-corrected chi connectivity index (χ0v) is 11.4. The van der Waals surface area contributed by atoms with Crippen LogP contribution in [0.1, 0.15) is 16.8 Å². The number of carbonyl (C=O) groups excluding carboxylic acids is 1. The van der Waals surface area contributed by atoms with Gasteiger partial charge in [0, 0.05) is 13.1 Å². The molecule has 1 aliphatic heterocycles. The number of H-pyrrole nitrogens is 1. The largest absolute Gasteiger partial charge is 0.481 e. The molecule has 7 heteroatoms. The van der Waals surface area contributed by atoms with E-state index in [2.05, 4.69) is 10.2 Å². The highest BCUT2D eigenvalue weighted by molar-refractivity contribution is 7.13. The third-order valence-corrected chi connectivity index (χ3v) is 4.35. The van der Waals surface area contributed by atoms with Crippen LogP contribution in [-0.2, 0) is 4.79 Å². The number of aromatic amines is 1. The van der Waals surface area contributed by atoms with Crippen molar-refractivity contribution in [1.29, 1.82) is 0 Å². The highest BCUT2D eigenvalue weighted by Gasteiger charge is 2.32. The van der Waals surface area contributed by atoms with Gasteiger partial charge in [-0.1, -0.05) is 6.07 Å². The molecule has 1 atom stereocenters. The Morgan fingerprint density at radius 2 is 2.35 bits per heavy atom. The topological polar surface area (TPSA) is 86.3 Å². The molecule has 0 radical (unpaired) electrons. The lowest BCUT2D eigenvalue weighted by molar-refractivity contribution is -0.141. The van der Waals surface area contributed by atoms with Crippen molar-refractivity contribution in [1.82, 2.24) is 15.1 Å². The van der Waals surface area contributed by atoms with Gasteiger partial charge in [-0.05, 0) is 17.9 Å². The van der Waals surface area contributed by atoms with Crippen molar-refractivity contribution in [3.63, 3.8) is 0 Å². The van der Waals surface area contributed by atoms with E-state index in [0.29, 0.717) is 24.2 Å². The lowest BCUT2D eigenvalue weighted by Crippen LogP contribution is -2.30. The van der Waals surface area contributed by atoms with E-state index in [1.165, 1.54) is 17.5 Å². The van der Waals surface area contributed by atoms with E-state index in [9.17, 15) is 9.59 Å². The van der Waals surface area contributed by atoms with Crippen LogP contribution in [0.5, 0.6) is 0 Å². The van der Waals surface area contributed by atoms with E-state index in [1.54, 1.807) is 4.90 Å². The molecule has 6 nitrogen and oxygen atoms in total. The molecule has 3 heterocycles. The molecule has 104 valence electrons. The third-order valence-electron chi connectivity index (χ3n) is 3.46. The Balaban J connectivity index is 1.82. The lowest BCUT2D eigenvalue weighted by atomic mass is 10.1. The molecule has 1 unspecified atom stereocenters. The Morgan fingerprint density at radius 1 is 1.50 bits per heavy atom. The maximum atomic E-state index is 12.5. The van der Waals surface area contributed by atoms with E-state index in [-0.39, 0.29) is 12.5 Å². The third kappa shape index (κ3) is 2.20. The lowest BCUT2D eigenvalue weighted by Gasteiger charge is -2.15. The summed E-state index contributed by atoms with van der Waals surface area (Å²) in [6.07, 6.45) is 2.01. The number of carboxylic acid groups (broad SMARTS) is 1. The van der Waals surface area contributed by atoms with Crippen molar-refractivity contribution in [2.24, 2.45) is 5.92 Å². The zero-order chi connectivity index (χ0) is 14.1. The van der Waals surface area contributed by atoms with Gasteiger partial charge in [0.2, 0.25) is 0 Å². The monoisotopic (exact) mass is 291 g/mol. The van der Waals surface area contributed by atoms with Crippen molar-refractivity contribution in [3.05, 3.63) is 29.3 Å². The molecule has 2 N–H and O–H groups in total. The summed E-state index contributed by atoms with van der Waals surface area (Å²) >= 11 is 1.52. The van der Waals surface area contributed by atoms with Gasteiger partial charge in [-0.15, -0.1) is 11.3 Å². The smallest absolute Gasteiger partial charge is 0.308 e. The number of hydrogen-bond acceptors (Lipinski definition) is 4. The maximum absolute atomic E-state index is 12.5. The minimum Gasteiger partial charge on any atom is -0.481 e. The maximum Gasteiger partial charge on any atom is 0.308 e. The second-order valence-corrected chi connectivity index (χ2v) is 5.66. The quantitative estimate of drug-likeness (QED) is 0.901. The van der Waals surface area contributed by atoms with E-state index >= 15 is 0 Å². The Labute approximate surface area is 119 Å². The molecule has 20 heavy (non-hydrogen) atoms. The van der Waals surface area contributed by atoms with Crippen LogP contribution >= 0.6 is 11.3 Å². The van der Waals surface area contributed by atoms with Crippen molar-refractivity contribution >= 4 is 23.2 Å². The summed E-state index contributed by atoms with van der Waals surface area (Å²) < 4.78 is 0. The molecular weight excluding hydrogens is 278 g/mol. The standard InChI is InChI=1S/C13H13N3O3S/c17-12(16-4-3-8(7-16)13(18)19)9-6-14-15-11(9)10-2-1-5-20-10/h1-2,5-6,8H,3-4,7H2,(H,14,15)(H,18,19). The van der Waals surface area contributed by atoms with Crippen LogP contribution < -0.4 is 0 Å². The first-order valence-corrected chi connectivity index (χ1v) is 7.14. The van der Waals surface area contributed by atoms with Crippen molar-refractivity contribution < 1.29 is 14.7 Å². The summed E-state index contributed by atoms with van der Waals surface area (Å²) in [7, 11) is 0.